The number of rotatable bonds is 6. The molecule has 0 aliphatic heterocycles. The third kappa shape index (κ3) is 3.46. The molecular weight excluding hydrogens is 304 g/mol. The Morgan fingerprint density at radius 3 is 2.58 bits per heavy atom. The lowest BCUT2D eigenvalue weighted by molar-refractivity contribution is 0.0690. The van der Waals surface area contributed by atoms with Crippen LogP contribution in [0.2, 0.25) is 0 Å². The van der Waals surface area contributed by atoms with Gasteiger partial charge in [0.25, 0.3) is 0 Å². The van der Waals surface area contributed by atoms with E-state index < -0.39 is 5.97 Å². The highest BCUT2D eigenvalue weighted by molar-refractivity contribution is 5.87. The van der Waals surface area contributed by atoms with Crippen LogP contribution in [0, 0.1) is 0 Å². The van der Waals surface area contributed by atoms with Crippen LogP contribution < -0.4 is 4.74 Å². The van der Waals surface area contributed by atoms with Crippen molar-refractivity contribution in [2.45, 2.75) is 20.0 Å². The predicted molar refractivity (Wildman–Crippen MR) is 91.1 cm³/mol. The van der Waals surface area contributed by atoms with Crippen molar-refractivity contribution >= 4 is 5.97 Å². The minimum absolute atomic E-state index is 0.0564. The highest BCUT2D eigenvalue weighted by Gasteiger charge is 2.14. The minimum Gasteiger partial charge on any atom is -0.488 e. The lowest BCUT2D eigenvalue weighted by Crippen LogP contribution is -1.98. The highest BCUT2D eigenvalue weighted by Crippen LogP contribution is 2.31. The summed E-state index contributed by atoms with van der Waals surface area (Å²) in [5.74, 6) is -0.355. The number of H-pyrrole nitrogens is 1. The highest BCUT2D eigenvalue weighted by atomic mass is 16.5. The van der Waals surface area contributed by atoms with E-state index in [-0.39, 0.29) is 5.69 Å². The third-order valence-corrected chi connectivity index (χ3v) is 3.77. The summed E-state index contributed by atoms with van der Waals surface area (Å²) in [6, 6.07) is 17.3. The van der Waals surface area contributed by atoms with Crippen molar-refractivity contribution in [1.29, 1.82) is 0 Å². The van der Waals surface area contributed by atoms with E-state index in [1.807, 2.05) is 48.5 Å². The molecule has 0 saturated carbocycles. The number of nitrogens with zero attached hydrogens (tertiary/aromatic N) is 1. The van der Waals surface area contributed by atoms with Crippen LogP contribution in [-0.2, 0) is 13.0 Å². The van der Waals surface area contributed by atoms with Crippen molar-refractivity contribution < 1.29 is 14.6 Å². The zero-order valence-electron chi connectivity index (χ0n) is 13.3. The van der Waals surface area contributed by atoms with E-state index in [0.29, 0.717) is 18.1 Å². The molecule has 24 heavy (non-hydrogen) atoms. The van der Waals surface area contributed by atoms with Crippen molar-refractivity contribution in [3.8, 4) is 17.0 Å². The summed E-state index contributed by atoms with van der Waals surface area (Å²) in [5.41, 5.74) is 3.61. The molecular formula is C19H18N2O3. The molecule has 0 bridgehead atoms. The molecule has 1 heterocycles. The fraction of sp³-hybridized carbons (Fsp3) is 0.158. The number of benzene rings is 2. The van der Waals surface area contributed by atoms with E-state index in [0.717, 1.165) is 23.1 Å². The second-order valence-corrected chi connectivity index (χ2v) is 5.43. The van der Waals surface area contributed by atoms with Crippen molar-refractivity contribution in [2.75, 3.05) is 0 Å². The number of aromatic nitrogens is 2. The topological polar surface area (TPSA) is 75.2 Å². The number of aromatic amines is 1. The van der Waals surface area contributed by atoms with Crippen LogP contribution in [-0.4, -0.2) is 21.3 Å². The summed E-state index contributed by atoms with van der Waals surface area (Å²) in [6.07, 6.45) is 0.877. The summed E-state index contributed by atoms with van der Waals surface area (Å²) in [5, 5.41) is 15.7. The van der Waals surface area contributed by atoms with Gasteiger partial charge in [-0.3, -0.25) is 5.10 Å². The molecule has 0 radical (unpaired) electrons. The molecule has 3 aromatic rings. The summed E-state index contributed by atoms with van der Waals surface area (Å²) in [6.45, 7) is 2.51. The minimum atomic E-state index is -1.04. The van der Waals surface area contributed by atoms with Gasteiger partial charge in [0.05, 0.1) is 5.69 Å². The van der Waals surface area contributed by atoms with E-state index in [4.69, 9.17) is 9.84 Å². The fourth-order valence-corrected chi connectivity index (χ4v) is 2.43. The molecule has 0 unspecified atom stereocenters. The van der Waals surface area contributed by atoms with Gasteiger partial charge >= 0.3 is 5.97 Å². The largest absolute Gasteiger partial charge is 0.488 e. The van der Waals surface area contributed by atoms with Crippen LogP contribution in [0.3, 0.4) is 0 Å². The number of carboxylic acid groups (broad SMARTS) is 1. The second kappa shape index (κ2) is 7.00. The van der Waals surface area contributed by atoms with Gasteiger partial charge in [0.1, 0.15) is 18.1 Å². The lowest BCUT2D eigenvalue weighted by atomic mass is 10.0. The first kappa shape index (κ1) is 15.8. The zero-order valence-corrected chi connectivity index (χ0v) is 13.3. The summed E-state index contributed by atoms with van der Waals surface area (Å²) in [4.78, 5) is 11.1. The molecule has 0 aliphatic rings. The molecule has 5 nitrogen and oxygen atoms in total. The molecule has 0 aliphatic carbocycles. The number of aromatic carboxylic acids is 1. The first-order valence-electron chi connectivity index (χ1n) is 7.76. The Labute approximate surface area is 139 Å². The molecule has 0 saturated heterocycles. The zero-order chi connectivity index (χ0) is 16.9. The first-order chi connectivity index (χ1) is 11.7. The standard InChI is InChI=1S/C19H18N2O3/c1-2-13-8-9-18(24-12-14-6-4-3-5-7-14)15(10-13)16-11-17(19(22)23)21-20-16/h3-11H,2,12H2,1H3,(H,20,21)(H,22,23). The van der Waals surface area contributed by atoms with Gasteiger partial charge in [-0.25, -0.2) is 4.79 Å². The monoisotopic (exact) mass is 322 g/mol. The van der Waals surface area contributed by atoms with Gasteiger partial charge in [-0.05, 0) is 35.7 Å². The predicted octanol–water partition coefficient (Wildman–Crippen LogP) is 3.92. The van der Waals surface area contributed by atoms with Gasteiger partial charge in [0, 0.05) is 5.56 Å². The summed E-state index contributed by atoms with van der Waals surface area (Å²) >= 11 is 0. The Morgan fingerprint density at radius 2 is 1.92 bits per heavy atom. The molecule has 2 N–H and O–H groups in total. The Morgan fingerprint density at radius 1 is 1.12 bits per heavy atom. The van der Waals surface area contributed by atoms with Crippen LogP contribution in [0.25, 0.3) is 11.3 Å². The molecule has 0 fully saturated rings. The first-order valence-corrected chi connectivity index (χ1v) is 7.76. The SMILES string of the molecule is CCc1ccc(OCc2ccccc2)c(-c2cc(C(=O)O)[nH]n2)c1. The van der Waals surface area contributed by atoms with Crippen LogP contribution in [0.5, 0.6) is 5.75 Å². The van der Waals surface area contributed by atoms with E-state index in [9.17, 15) is 4.79 Å². The number of ether oxygens (including phenoxy) is 1. The number of nitrogens with one attached hydrogen (secondary N) is 1. The van der Waals surface area contributed by atoms with E-state index in [1.165, 1.54) is 6.07 Å². The smallest absolute Gasteiger partial charge is 0.353 e. The Kier molecular flexibility index (Phi) is 4.61. The van der Waals surface area contributed by atoms with E-state index in [1.54, 1.807) is 0 Å². The fourth-order valence-electron chi connectivity index (χ4n) is 2.43. The normalized spacial score (nSPS) is 10.5. The molecule has 122 valence electrons. The van der Waals surface area contributed by atoms with Crippen LogP contribution >= 0.6 is 0 Å². The molecule has 3 rings (SSSR count). The Bertz CT molecular complexity index is 841. The Balaban J connectivity index is 1.91. The molecule has 0 amide bonds. The summed E-state index contributed by atoms with van der Waals surface area (Å²) < 4.78 is 5.95. The van der Waals surface area contributed by atoms with Gasteiger partial charge in [0.2, 0.25) is 0 Å². The Hall–Kier alpha value is -3.08. The number of hydrogen-bond donors (Lipinski definition) is 2. The molecule has 0 atom stereocenters. The van der Waals surface area contributed by atoms with Crippen LogP contribution in [0.4, 0.5) is 0 Å². The van der Waals surface area contributed by atoms with E-state index >= 15 is 0 Å². The van der Waals surface area contributed by atoms with Gasteiger partial charge in [-0.15, -0.1) is 0 Å². The quantitative estimate of drug-likeness (QED) is 0.721. The lowest BCUT2D eigenvalue weighted by Gasteiger charge is -2.11. The van der Waals surface area contributed by atoms with Crippen LogP contribution in [0.15, 0.2) is 54.6 Å². The van der Waals surface area contributed by atoms with Gasteiger partial charge < -0.3 is 9.84 Å². The van der Waals surface area contributed by atoms with Gasteiger partial charge in [-0.1, -0.05) is 43.3 Å². The number of carbonyl (C=O) groups is 1. The van der Waals surface area contributed by atoms with Crippen molar-refractivity contribution in [1.82, 2.24) is 10.2 Å². The average molecular weight is 322 g/mol. The van der Waals surface area contributed by atoms with Crippen LogP contribution in [0.1, 0.15) is 28.5 Å². The summed E-state index contributed by atoms with van der Waals surface area (Å²) in [7, 11) is 0. The van der Waals surface area contributed by atoms with Crippen molar-refractivity contribution in [3.63, 3.8) is 0 Å². The second-order valence-electron chi connectivity index (χ2n) is 5.43. The number of aryl methyl sites for hydroxylation is 1. The molecule has 0 spiro atoms. The molecule has 5 heteroatoms. The van der Waals surface area contributed by atoms with Gasteiger partial charge in [-0.2, -0.15) is 5.10 Å². The molecule has 1 aromatic heterocycles. The molecule has 2 aromatic carbocycles. The number of hydrogen-bond acceptors (Lipinski definition) is 3. The van der Waals surface area contributed by atoms with Crippen molar-refractivity contribution in [3.05, 3.63) is 71.4 Å². The average Bonchev–Trinajstić information content (AvgIpc) is 3.11. The maximum atomic E-state index is 11.1. The maximum absolute atomic E-state index is 11.1. The van der Waals surface area contributed by atoms with Gasteiger partial charge in [0.15, 0.2) is 0 Å². The van der Waals surface area contributed by atoms with E-state index in [2.05, 4.69) is 17.1 Å². The third-order valence-electron chi connectivity index (χ3n) is 3.77. The van der Waals surface area contributed by atoms with Crippen molar-refractivity contribution in [2.24, 2.45) is 0 Å². The maximum Gasteiger partial charge on any atom is 0.353 e. The number of carboxylic acids is 1.